The number of hydrogen-bond donors (Lipinski definition) is 2. The van der Waals surface area contributed by atoms with Crippen molar-refractivity contribution in [1.82, 2.24) is 10.4 Å². The maximum Gasteiger partial charge on any atom is 0.271 e. The van der Waals surface area contributed by atoms with Crippen molar-refractivity contribution in [3.63, 3.8) is 0 Å². The van der Waals surface area contributed by atoms with Crippen molar-refractivity contribution >= 4 is 12.1 Å². The van der Waals surface area contributed by atoms with Crippen LogP contribution >= 0.6 is 0 Å². The van der Waals surface area contributed by atoms with E-state index in [-0.39, 0.29) is 11.7 Å². The first-order valence-corrected chi connectivity index (χ1v) is 6.79. The molecule has 0 saturated heterocycles. The van der Waals surface area contributed by atoms with Crippen molar-refractivity contribution in [3.05, 3.63) is 53.3 Å². The summed E-state index contributed by atoms with van der Waals surface area (Å²) in [6.45, 7) is 1.97. The van der Waals surface area contributed by atoms with Crippen LogP contribution in [-0.2, 0) is 6.42 Å². The number of rotatable bonds is 5. The number of hydrogen-bond acceptors (Lipinski definition) is 5. The van der Waals surface area contributed by atoms with Crippen molar-refractivity contribution in [2.45, 2.75) is 13.3 Å². The number of aromatic nitrogens is 1. The molecule has 0 radical (unpaired) electrons. The number of methoxy groups -OCH3 is 1. The van der Waals surface area contributed by atoms with E-state index in [4.69, 9.17) is 4.74 Å². The summed E-state index contributed by atoms with van der Waals surface area (Å²) in [5.74, 6) is 0.0867. The Bertz CT molecular complexity index is 699. The Morgan fingerprint density at radius 1 is 1.41 bits per heavy atom. The van der Waals surface area contributed by atoms with E-state index in [1.165, 1.54) is 19.4 Å². The number of phenolic OH excluding ortho intramolecular Hbond substituents is 1. The Morgan fingerprint density at radius 3 is 2.95 bits per heavy atom. The minimum Gasteiger partial charge on any atom is -0.504 e. The zero-order valence-corrected chi connectivity index (χ0v) is 12.4. The third kappa shape index (κ3) is 3.82. The van der Waals surface area contributed by atoms with Gasteiger partial charge in [-0.15, -0.1) is 0 Å². The van der Waals surface area contributed by atoms with Gasteiger partial charge in [-0.05, 0) is 42.3 Å². The molecule has 0 spiro atoms. The van der Waals surface area contributed by atoms with E-state index in [1.807, 2.05) is 6.92 Å². The molecule has 1 aromatic heterocycles. The number of aromatic hydroxyl groups is 1. The quantitative estimate of drug-likeness (QED) is 0.654. The second-order valence-electron chi connectivity index (χ2n) is 4.52. The zero-order valence-electron chi connectivity index (χ0n) is 12.4. The molecule has 22 heavy (non-hydrogen) atoms. The van der Waals surface area contributed by atoms with E-state index in [0.717, 1.165) is 12.1 Å². The summed E-state index contributed by atoms with van der Waals surface area (Å²) < 4.78 is 5.00. The first-order valence-electron chi connectivity index (χ1n) is 6.79. The number of nitrogens with zero attached hydrogens (tertiary/aromatic N) is 2. The maximum absolute atomic E-state index is 12.0. The second-order valence-corrected chi connectivity index (χ2v) is 4.52. The lowest BCUT2D eigenvalue weighted by Crippen LogP contribution is -2.18. The average Bonchev–Trinajstić information content (AvgIpc) is 2.56. The number of pyridine rings is 1. The van der Waals surface area contributed by atoms with E-state index in [2.05, 4.69) is 15.5 Å². The maximum atomic E-state index is 12.0. The number of benzene rings is 1. The minimum absolute atomic E-state index is 0.0487. The molecule has 0 bridgehead atoms. The number of amides is 1. The van der Waals surface area contributed by atoms with Gasteiger partial charge in [-0.1, -0.05) is 6.92 Å². The van der Waals surface area contributed by atoms with E-state index < -0.39 is 0 Å². The summed E-state index contributed by atoms with van der Waals surface area (Å²) in [5, 5.41) is 13.4. The molecular formula is C16H17N3O3. The van der Waals surface area contributed by atoms with Crippen LogP contribution in [-0.4, -0.2) is 29.3 Å². The molecule has 2 aromatic rings. The smallest absolute Gasteiger partial charge is 0.271 e. The Balaban J connectivity index is 2.04. The minimum atomic E-state index is -0.306. The normalized spacial score (nSPS) is 10.6. The summed E-state index contributed by atoms with van der Waals surface area (Å²) >= 11 is 0. The van der Waals surface area contributed by atoms with Crippen LogP contribution in [0.4, 0.5) is 0 Å². The molecule has 1 heterocycles. The molecule has 0 aliphatic carbocycles. The van der Waals surface area contributed by atoms with Gasteiger partial charge in [0.2, 0.25) is 0 Å². The molecule has 114 valence electrons. The molecular weight excluding hydrogens is 282 g/mol. The van der Waals surface area contributed by atoms with Crippen LogP contribution in [0.15, 0.2) is 41.6 Å². The van der Waals surface area contributed by atoms with Gasteiger partial charge in [-0.3, -0.25) is 9.78 Å². The van der Waals surface area contributed by atoms with Gasteiger partial charge in [0.15, 0.2) is 11.5 Å². The third-order valence-corrected chi connectivity index (χ3v) is 3.02. The van der Waals surface area contributed by atoms with E-state index >= 15 is 0 Å². The van der Waals surface area contributed by atoms with Crippen LogP contribution < -0.4 is 10.2 Å². The van der Waals surface area contributed by atoms with Crippen molar-refractivity contribution in [3.8, 4) is 11.5 Å². The van der Waals surface area contributed by atoms with Gasteiger partial charge in [0.25, 0.3) is 5.91 Å². The van der Waals surface area contributed by atoms with Gasteiger partial charge >= 0.3 is 0 Å². The van der Waals surface area contributed by atoms with E-state index in [1.54, 1.807) is 30.5 Å². The number of nitrogens with one attached hydrogen (secondary N) is 1. The highest BCUT2D eigenvalue weighted by atomic mass is 16.5. The molecule has 0 unspecified atom stereocenters. The molecule has 0 aliphatic heterocycles. The van der Waals surface area contributed by atoms with Crippen LogP contribution in [0.3, 0.4) is 0 Å². The SMILES string of the molecule is CCc1cc(C(=O)N/N=C\c2ccc(O)c(OC)c2)ccn1. The number of hydrazone groups is 1. The summed E-state index contributed by atoms with van der Waals surface area (Å²) in [6, 6.07) is 8.14. The number of phenols is 1. The highest BCUT2D eigenvalue weighted by molar-refractivity contribution is 5.94. The van der Waals surface area contributed by atoms with Crippen molar-refractivity contribution in [1.29, 1.82) is 0 Å². The summed E-state index contributed by atoms with van der Waals surface area (Å²) in [5.41, 5.74) is 4.50. The van der Waals surface area contributed by atoms with Gasteiger partial charge in [0, 0.05) is 17.5 Å². The lowest BCUT2D eigenvalue weighted by atomic mass is 10.2. The highest BCUT2D eigenvalue weighted by Crippen LogP contribution is 2.25. The Labute approximate surface area is 128 Å². The Kier molecular flexibility index (Phi) is 5.08. The highest BCUT2D eigenvalue weighted by Gasteiger charge is 2.05. The van der Waals surface area contributed by atoms with Gasteiger partial charge in [0.1, 0.15) is 0 Å². The average molecular weight is 299 g/mol. The molecule has 6 heteroatoms. The molecule has 0 fully saturated rings. The zero-order chi connectivity index (χ0) is 15.9. The largest absolute Gasteiger partial charge is 0.504 e. The van der Waals surface area contributed by atoms with E-state index in [0.29, 0.717) is 16.9 Å². The first-order chi connectivity index (χ1) is 10.6. The second kappa shape index (κ2) is 7.21. The molecule has 2 N–H and O–H groups in total. The lowest BCUT2D eigenvalue weighted by molar-refractivity contribution is 0.0955. The third-order valence-electron chi connectivity index (χ3n) is 3.02. The van der Waals surface area contributed by atoms with Crippen molar-refractivity contribution < 1.29 is 14.6 Å². The molecule has 0 saturated carbocycles. The molecule has 0 atom stereocenters. The van der Waals surface area contributed by atoms with Gasteiger partial charge in [-0.25, -0.2) is 5.43 Å². The van der Waals surface area contributed by atoms with Gasteiger partial charge < -0.3 is 9.84 Å². The number of ether oxygens (including phenoxy) is 1. The van der Waals surface area contributed by atoms with Crippen LogP contribution in [0.1, 0.15) is 28.5 Å². The number of carbonyl (C=O) groups is 1. The predicted octanol–water partition coefficient (Wildman–Crippen LogP) is 2.12. The predicted molar refractivity (Wildman–Crippen MR) is 83.3 cm³/mol. The van der Waals surface area contributed by atoms with Crippen LogP contribution in [0, 0.1) is 0 Å². The molecule has 6 nitrogen and oxygen atoms in total. The topological polar surface area (TPSA) is 83.8 Å². The number of carbonyl (C=O) groups excluding carboxylic acids is 1. The first kappa shape index (κ1) is 15.5. The summed E-state index contributed by atoms with van der Waals surface area (Å²) in [7, 11) is 1.46. The van der Waals surface area contributed by atoms with Crippen molar-refractivity contribution in [2.75, 3.05) is 7.11 Å². The fourth-order valence-electron chi connectivity index (χ4n) is 1.82. The Hall–Kier alpha value is -2.89. The summed E-state index contributed by atoms with van der Waals surface area (Å²) in [6.07, 6.45) is 3.84. The van der Waals surface area contributed by atoms with Crippen LogP contribution in [0.2, 0.25) is 0 Å². The summed E-state index contributed by atoms with van der Waals surface area (Å²) in [4.78, 5) is 16.1. The van der Waals surface area contributed by atoms with Gasteiger partial charge in [0.05, 0.1) is 13.3 Å². The van der Waals surface area contributed by atoms with Gasteiger partial charge in [-0.2, -0.15) is 5.10 Å². The van der Waals surface area contributed by atoms with Crippen LogP contribution in [0.25, 0.3) is 0 Å². The standard InChI is InChI=1S/C16H17N3O3/c1-3-13-9-12(6-7-17-13)16(21)19-18-10-11-4-5-14(20)15(8-11)22-2/h4-10,20H,3H2,1-2H3,(H,19,21)/b18-10-. The fourth-order valence-corrected chi connectivity index (χ4v) is 1.82. The number of aryl methyl sites for hydroxylation is 1. The lowest BCUT2D eigenvalue weighted by Gasteiger charge is -2.04. The molecule has 0 aliphatic rings. The molecule has 1 amide bonds. The fraction of sp³-hybridized carbons (Fsp3) is 0.188. The monoisotopic (exact) mass is 299 g/mol. The van der Waals surface area contributed by atoms with Crippen molar-refractivity contribution in [2.24, 2.45) is 5.10 Å². The molecule has 2 rings (SSSR count). The molecule has 1 aromatic carbocycles. The van der Waals surface area contributed by atoms with E-state index in [9.17, 15) is 9.90 Å². The van der Waals surface area contributed by atoms with Crippen LogP contribution in [0.5, 0.6) is 11.5 Å². The Morgan fingerprint density at radius 2 is 2.23 bits per heavy atom.